The van der Waals surface area contributed by atoms with Gasteiger partial charge in [0.1, 0.15) is 11.0 Å². The van der Waals surface area contributed by atoms with Gasteiger partial charge in [0.25, 0.3) is 5.91 Å². The van der Waals surface area contributed by atoms with Gasteiger partial charge in [-0.15, -0.1) is 10.2 Å². The van der Waals surface area contributed by atoms with Crippen molar-refractivity contribution in [2.24, 2.45) is 0 Å². The Labute approximate surface area is 132 Å². The van der Waals surface area contributed by atoms with Gasteiger partial charge in [-0.05, 0) is 19.4 Å². The summed E-state index contributed by atoms with van der Waals surface area (Å²) in [4.78, 5) is 28.0. The molecule has 1 aromatic heterocycles. The quantitative estimate of drug-likeness (QED) is 0.811. The first-order chi connectivity index (χ1) is 10.6. The third kappa shape index (κ3) is 2.48. The monoisotopic (exact) mass is 316 g/mol. The van der Waals surface area contributed by atoms with Crippen LogP contribution in [0.15, 0.2) is 30.3 Å². The molecule has 1 aromatic carbocycles. The van der Waals surface area contributed by atoms with Gasteiger partial charge in [-0.2, -0.15) is 0 Å². The minimum absolute atomic E-state index is 0.230. The predicted molar refractivity (Wildman–Crippen MR) is 83.8 cm³/mol. The largest absolute Gasteiger partial charge is 0.334 e. The zero-order valence-electron chi connectivity index (χ0n) is 12.4. The maximum absolute atomic E-state index is 12.7. The first kappa shape index (κ1) is 14.6. The number of hydrogen-bond donors (Lipinski definition) is 0. The predicted octanol–water partition coefficient (Wildman–Crippen LogP) is 2.25. The molecule has 0 radical (unpaired) electrons. The van der Waals surface area contributed by atoms with Gasteiger partial charge in [-0.25, -0.2) is 9.69 Å². The lowest BCUT2D eigenvalue weighted by Gasteiger charge is -2.19. The summed E-state index contributed by atoms with van der Waals surface area (Å²) in [6, 6.07) is 8.91. The Morgan fingerprint density at radius 2 is 1.91 bits per heavy atom. The zero-order chi connectivity index (χ0) is 15.7. The molecule has 0 spiro atoms. The maximum Gasteiger partial charge on any atom is 0.334 e. The van der Waals surface area contributed by atoms with Crippen molar-refractivity contribution in [3.05, 3.63) is 40.9 Å². The number of amides is 3. The van der Waals surface area contributed by atoms with Crippen LogP contribution in [-0.2, 0) is 11.2 Å². The number of nitrogens with zero attached hydrogens (tertiary/aromatic N) is 4. The molecule has 0 unspecified atom stereocenters. The van der Waals surface area contributed by atoms with Crippen LogP contribution in [0.4, 0.5) is 9.93 Å². The molecule has 1 saturated heterocycles. The molecular weight excluding hydrogens is 300 g/mol. The van der Waals surface area contributed by atoms with Gasteiger partial charge in [0.2, 0.25) is 5.13 Å². The third-order valence-corrected chi connectivity index (χ3v) is 4.46. The van der Waals surface area contributed by atoms with Gasteiger partial charge >= 0.3 is 6.03 Å². The number of carbonyl (C=O) groups excluding carboxylic acids is 2. The molecule has 3 amide bonds. The van der Waals surface area contributed by atoms with Crippen molar-refractivity contribution >= 4 is 28.4 Å². The number of carbonyl (C=O) groups is 2. The first-order valence-electron chi connectivity index (χ1n) is 7.10. The van der Waals surface area contributed by atoms with Crippen LogP contribution in [0, 0.1) is 6.92 Å². The highest BCUT2D eigenvalue weighted by molar-refractivity contribution is 7.15. The minimum Gasteiger partial charge on any atom is -0.312 e. The van der Waals surface area contributed by atoms with Crippen LogP contribution in [0.5, 0.6) is 0 Å². The van der Waals surface area contributed by atoms with E-state index in [1.807, 2.05) is 37.3 Å². The van der Waals surface area contributed by atoms with Crippen LogP contribution in [0.3, 0.4) is 0 Å². The fraction of sp³-hybridized carbons (Fsp3) is 0.333. The highest BCUT2D eigenvalue weighted by Crippen LogP contribution is 2.28. The second kappa shape index (κ2) is 5.84. The standard InChI is InChI=1S/C15H16N4O2S/c1-3-18-12(9-11-7-5-4-6-8-11)13(20)19(15(18)21)14-17-16-10(2)22-14/h4-8,12H,3,9H2,1-2H3/t12-/m0/s1. The van der Waals surface area contributed by atoms with E-state index in [9.17, 15) is 9.59 Å². The number of imide groups is 1. The molecule has 0 N–H and O–H groups in total. The van der Waals surface area contributed by atoms with E-state index in [0.29, 0.717) is 18.1 Å². The molecule has 0 saturated carbocycles. The maximum atomic E-state index is 12.7. The normalized spacial score (nSPS) is 18.4. The van der Waals surface area contributed by atoms with E-state index in [4.69, 9.17) is 0 Å². The van der Waals surface area contributed by atoms with Crippen molar-refractivity contribution in [3.63, 3.8) is 0 Å². The summed E-state index contributed by atoms with van der Waals surface area (Å²) in [5, 5.41) is 8.90. The molecule has 114 valence electrons. The zero-order valence-corrected chi connectivity index (χ0v) is 13.2. The van der Waals surface area contributed by atoms with Crippen LogP contribution in [0.2, 0.25) is 0 Å². The lowest BCUT2D eigenvalue weighted by molar-refractivity contribution is -0.119. The molecule has 22 heavy (non-hydrogen) atoms. The lowest BCUT2D eigenvalue weighted by atomic mass is 10.1. The lowest BCUT2D eigenvalue weighted by Crippen LogP contribution is -2.36. The molecule has 2 heterocycles. The molecule has 0 aliphatic carbocycles. The highest BCUT2D eigenvalue weighted by Gasteiger charge is 2.46. The molecule has 1 fully saturated rings. The second-order valence-electron chi connectivity index (χ2n) is 5.05. The highest BCUT2D eigenvalue weighted by atomic mass is 32.1. The Kier molecular flexibility index (Phi) is 3.89. The summed E-state index contributed by atoms with van der Waals surface area (Å²) in [6.45, 7) is 4.15. The van der Waals surface area contributed by atoms with E-state index in [-0.39, 0.29) is 11.9 Å². The van der Waals surface area contributed by atoms with Crippen molar-refractivity contribution in [3.8, 4) is 0 Å². The van der Waals surface area contributed by atoms with Crippen LogP contribution in [0.25, 0.3) is 0 Å². The molecule has 2 aromatic rings. The summed E-state index contributed by atoms with van der Waals surface area (Å²) >= 11 is 1.25. The Morgan fingerprint density at radius 1 is 1.18 bits per heavy atom. The second-order valence-corrected chi connectivity index (χ2v) is 6.21. The van der Waals surface area contributed by atoms with Crippen LogP contribution in [-0.4, -0.2) is 39.6 Å². The van der Waals surface area contributed by atoms with E-state index in [0.717, 1.165) is 15.5 Å². The number of aromatic nitrogens is 2. The number of benzene rings is 1. The summed E-state index contributed by atoms with van der Waals surface area (Å²) in [6.07, 6.45) is 0.507. The van der Waals surface area contributed by atoms with E-state index in [1.54, 1.807) is 11.8 Å². The molecule has 1 aliphatic rings. The van der Waals surface area contributed by atoms with Crippen molar-refractivity contribution in [2.45, 2.75) is 26.3 Å². The van der Waals surface area contributed by atoms with Crippen molar-refractivity contribution in [2.75, 3.05) is 11.4 Å². The van der Waals surface area contributed by atoms with E-state index in [1.165, 1.54) is 11.3 Å². The molecule has 0 bridgehead atoms. The minimum atomic E-state index is -0.482. The number of anilines is 1. The Balaban J connectivity index is 1.90. The summed E-state index contributed by atoms with van der Waals surface area (Å²) in [5.41, 5.74) is 1.03. The number of rotatable bonds is 4. The SMILES string of the molecule is CCN1C(=O)N(c2nnc(C)s2)C(=O)[C@@H]1Cc1ccccc1. The Hall–Kier alpha value is -2.28. The molecule has 1 aliphatic heterocycles. The Morgan fingerprint density at radius 3 is 2.50 bits per heavy atom. The van der Waals surface area contributed by atoms with Gasteiger partial charge in [-0.1, -0.05) is 41.7 Å². The van der Waals surface area contributed by atoms with Gasteiger partial charge in [0, 0.05) is 13.0 Å². The average Bonchev–Trinajstić information content (AvgIpc) is 3.03. The smallest absolute Gasteiger partial charge is 0.312 e. The number of urea groups is 1. The van der Waals surface area contributed by atoms with E-state index in [2.05, 4.69) is 10.2 Å². The molecule has 3 rings (SSSR count). The number of aryl methyl sites for hydroxylation is 1. The van der Waals surface area contributed by atoms with Crippen molar-refractivity contribution in [1.82, 2.24) is 15.1 Å². The van der Waals surface area contributed by atoms with Gasteiger partial charge in [0.15, 0.2) is 0 Å². The topological polar surface area (TPSA) is 66.4 Å². The molecule has 1 atom stereocenters. The van der Waals surface area contributed by atoms with Gasteiger partial charge in [0.05, 0.1) is 0 Å². The van der Waals surface area contributed by atoms with E-state index < -0.39 is 6.04 Å². The molecular formula is C15H16N4O2S. The summed E-state index contributed by atoms with van der Waals surface area (Å²) in [5.74, 6) is -0.230. The van der Waals surface area contributed by atoms with Gasteiger partial charge in [-0.3, -0.25) is 4.79 Å². The number of hydrogen-bond acceptors (Lipinski definition) is 5. The van der Waals surface area contributed by atoms with Gasteiger partial charge < -0.3 is 4.90 Å². The first-order valence-corrected chi connectivity index (χ1v) is 7.92. The van der Waals surface area contributed by atoms with Crippen LogP contribution >= 0.6 is 11.3 Å². The average molecular weight is 316 g/mol. The van der Waals surface area contributed by atoms with Crippen LogP contribution < -0.4 is 4.90 Å². The molecule has 7 heteroatoms. The fourth-order valence-electron chi connectivity index (χ4n) is 2.58. The van der Waals surface area contributed by atoms with Crippen molar-refractivity contribution < 1.29 is 9.59 Å². The van der Waals surface area contributed by atoms with E-state index >= 15 is 0 Å². The Bertz CT molecular complexity index is 701. The third-order valence-electron chi connectivity index (χ3n) is 3.64. The summed E-state index contributed by atoms with van der Waals surface area (Å²) in [7, 11) is 0. The number of likely N-dealkylation sites (N-methyl/N-ethyl adjacent to an activating group) is 1. The fourth-order valence-corrected chi connectivity index (χ4v) is 3.27. The van der Waals surface area contributed by atoms with Crippen LogP contribution in [0.1, 0.15) is 17.5 Å². The summed E-state index contributed by atoms with van der Waals surface area (Å²) < 4.78 is 0. The molecule has 6 nitrogen and oxygen atoms in total. The van der Waals surface area contributed by atoms with Crippen molar-refractivity contribution in [1.29, 1.82) is 0 Å².